The molecule has 1 aliphatic heterocycles. The zero-order valence-corrected chi connectivity index (χ0v) is 15.1. The summed E-state index contributed by atoms with van der Waals surface area (Å²) in [7, 11) is 0. The van der Waals surface area contributed by atoms with Crippen LogP contribution < -0.4 is 5.32 Å². The summed E-state index contributed by atoms with van der Waals surface area (Å²) in [5.74, 6) is 1.44. The van der Waals surface area contributed by atoms with Crippen molar-refractivity contribution in [1.29, 1.82) is 0 Å². The van der Waals surface area contributed by atoms with Crippen molar-refractivity contribution in [2.24, 2.45) is 5.92 Å². The van der Waals surface area contributed by atoms with Gasteiger partial charge in [0.05, 0.1) is 6.54 Å². The van der Waals surface area contributed by atoms with Crippen molar-refractivity contribution in [1.82, 2.24) is 20.4 Å². The number of benzene rings is 1. The van der Waals surface area contributed by atoms with Crippen molar-refractivity contribution in [3.05, 3.63) is 35.2 Å². The van der Waals surface area contributed by atoms with E-state index in [1.54, 1.807) is 0 Å². The zero-order valence-electron chi connectivity index (χ0n) is 14.4. The van der Waals surface area contributed by atoms with Gasteiger partial charge in [-0.1, -0.05) is 35.8 Å². The summed E-state index contributed by atoms with van der Waals surface area (Å²) in [6.07, 6.45) is 2.70. The molecule has 0 bridgehead atoms. The Kier molecular flexibility index (Phi) is 6.04. The van der Waals surface area contributed by atoms with Crippen molar-refractivity contribution in [2.75, 3.05) is 19.6 Å². The average Bonchev–Trinajstić information content (AvgIpc) is 3.09. The topological polar surface area (TPSA) is 71.3 Å². The number of nitrogens with one attached hydrogen (secondary N) is 1. The lowest BCUT2D eigenvalue weighted by Crippen LogP contribution is -2.40. The van der Waals surface area contributed by atoms with Crippen molar-refractivity contribution >= 4 is 17.5 Å². The van der Waals surface area contributed by atoms with E-state index in [1.807, 2.05) is 24.3 Å². The van der Waals surface area contributed by atoms with Crippen LogP contribution in [0.1, 0.15) is 32.1 Å². The average molecular weight is 363 g/mol. The molecule has 2 heterocycles. The molecule has 3 rings (SSSR count). The second kappa shape index (κ2) is 8.45. The molecule has 134 valence electrons. The maximum Gasteiger partial charge on any atom is 0.241 e. The van der Waals surface area contributed by atoms with Gasteiger partial charge in [-0.15, -0.1) is 0 Å². The number of carbonyl (C=O) groups is 1. The Balaban J connectivity index is 1.52. The monoisotopic (exact) mass is 362 g/mol. The molecule has 1 aromatic heterocycles. The van der Waals surface area contributed by atoms with Gasteiger partial charge in [0.2, 0.25) is 17.6 Å². The molecule has 7 heteroatoms. The van der Waals surface area contributed by atoms with Gasteiger partial charge in [0.1, 0.15) is 0 Å². The summed E-state index contributed by atoms with van der Waals surface area (Å²) in [4.78, 5) is 18.7. The SMILES string of the molecule is CCCNC(=O)C1CCN(Cc2nc(-c3cccc(Cl)c3)no2)CC1. The number of rotatable bonds is 6. The minimum absolute atomic E-state index is 0.118. The van der Waals surface area contributed by atoms with Crippen molar-refractivity contribution in [3.8, 4) is 11.4 Å². The Labute approximate surface area is 152 Å². The third-order valence-electron chi connectivity index (χ3n) is 4.42. The summed E-state index contributed by atoms with van der Waals surface area (Å²) in [5.41, 5.74) is 0.841. The number of hydrogen-bond acceptors (Lipinski definition) is 5. The fraction of sp³-hybridized carbons (Fsp3) is 0.500. The molecule has 1 saturated heterocycles. The third kappa shape index (κ3) is 4.80. The summed E-state index contributed by atoms with van der Waals surface area (Å²) < 4.78 is 5.36. The lowest BCUT2D eigenvalue weighted by atomic mass is 9.96. The quantitative estimate of drug-likeness (QED) is 0.854. The van der Waals surface area contributed by atoms with Gasteiger partial charge in [-0.2, -0.15) is 4.98 Å². The molecular weight excluding hydrogens is 340 g/mol. The Morgan fingerprint density at radius 3 is 2.92 bits per heavy atom. The molecule has 25 heavy (non-hydrogen) atoms. The van der Waals surface area contributed by atoms with Gasteiger partial charge in [-0.3, -0.25) is 9.69 Å². The summed E-state index contributed by atoms with van der Waals surface area (Å²) >= 11 is 6.00. The molecule has 0 unspecified atom stereocenters. The molecular formula is C18H23ClN4O2. The number of halogens is 1. The first-order valence-corrected chi connectivity index (χ1v) is 9.12. The van der Waals surface area contributed by atoms with Gasteiger partial charge >= 0.3 is 0 Å². The normalized spacial score (nSPS) is 16.1. The van der Waals surface area contributed by atoms with E-state index in [-0.39, 0.29) is 11.8 Å². The van der Waals surface area contributed by atoms with Gasteiger partial charge in [0.25, 0.3) is 0 Å². The zero-order chi connectivity index (χ0) is 17.6. The summed E-state index contributed by atoms with van der Waals surface area (Å²) in [5, 5.41) is 7.66. The Morgan fingerprint density at radius 2 is 2.20 bits per heavy atom. The Bertz CT molecular complexity index is 711. The van der Waals surface area contributed by atoms with E-state index < -0.39 is 0 Å². The Morgan fingerprint density at radius 1 is 1.40 bits per heavy atom. The fourth-order valence-electron chi connectivity index (χ4n) is 3.00. The standard InChI is InChI=1S/C18H23ClN4O2/c1-2-8-20-18(24)13-6-9-23(10-7-13)12-16-21-17(22-25-16)14-4-3-5-15(19)11-14/h3-5,11,13H,2,6-10,12H2,1H3,(H,20,24). The highest BCUT2D eigenvalue weighted by Crippen LogP contribution is 2.22. The molecule has 1 fully saturated rings. The van der Waals surface area contributed by atoms with Crippen LogP contribution in [0.25, 0.3) is 11.4 Å². The number of amides is 1. The second-order valence-corrected chi connectivity index (χ2v) is 6.80. The molecule has 0 radical (unpaired) electrons. The highest BCUT2D eigenvalue weighted by Gasteiger charge is 2.25. The molecule has 0 spiro atoms. The number of carbonyl (C=O) groups excluding carboxylic acids is 1. The molecule has 0 aliphatic carbocycles. The predicted octanol–water partition coefficient (Wildman–Crippen LogP) is 3.13. The highest BCUT2D eigenvalue weighted by atomic mass is 35.5. The van der Waals surface area contributed by atoms with E-state index in [9.17, 15) is 4.79 Å². The second-order valence-electron chi connectivity index (χ2n) is 6.36. The van der Waals surface area contributed by atoms with Crippen molar-refractivity contribution < 1.29 is 9.32 Å². The number of hydrogen-bond donors (Lipinski definition) is 1. The minimum atomic E-state index is 0.118. The van der Waals surface area contributed by atoms with Crippen LogP contribution in [0.3, 0.4) is 0 Å². The fourth-order valence-corrected chi connectivity index (χ4v) is 3.19. The lowest BCUT2D eigenvalue weighted by molar-refractivity contribution is -0.126. The van der Waals surface area contributed by atoms with Gasteiger partial charge in [0, 0.05) is 23.0 Å². The number of nitrogens with zero attached hydrogens (tertiary/aromatic N) is 3. The van der Waals surface area contributed by atoms with Crippen molar-refractivity contribution in [3.63, 3.8) is 0 Å². The molecule has 2 aromatic rings. The minimum Gasteiger partial charge on any atom is -0.356 e. The number of likely N-dealkylation sites (tertiary alicyclic amines) is 1. The predicted molar refractivity (Wildman–Crippen MR) is 96.0 cm³/mol. The van der Waals surface area contributed by atoms with Crippen LogP contribution in [0.5, 0.6) is 0 Å². The van der Waals surface area contributed by atoms with E-state index in [1.165, 1.54) is 0 Å². The first kappa shape index (κ1) is 17.9. The van der Waals surface area contributed by atoms with Gasteiger partial charge < -0.3 is 9.84 Å². The summed E-state index contributed by atoms with van der Waals surface area (Å²) in [6.45, 7) is 5.15. The summed E-state index contributed by atoms with van der Waals surface area (Å²) in [6, 6.07) is 7.40. The molecule has 1 N–H and O–H groups in total. The lowest BCUT2D eigenvalue weighted by Gasteiger charge is -2.30. The van der Waals surface area contributed by atoms with Gasteiger partial charge in [-0.25, -0.2) is 0 Å². The van der Waals surface area contributed by atoms with Crippen molar-refractivity contribution in [2.45, 2.75) is 32.7 Å². The number of aromatic nitrogens is 2. The third-order valence-corrected chi connectivity index (χ3v) is 4.65. The van der Waals surface area contributed by atoms with E-state index in [2.05, 4.69) is 27.3 Å². The largest absolute Gasteiger partial charge is 0.356 e. The van der Waals surface area contributed by atoms with E-state index >= 15 is 0 Å². The molecule has 1 amide bonds. The van der Waals surface area contributed by atoms with Gasteiger partial charge in [-0.05, 0) is 44.5 Å². The first-order chi connectivity index (χ1) is 12.2. The van der Waals surface area contributed by atoms with E-state index in [0.29, 0.717) is 23.3 Å². The number of piperidine rings is 1. The molecule has 0 saturated carbocycles. The van der Waals surface area contributed by atoms with E-state index in [0.717, 1.165) is 44.5 Å². The highest BCUT2D eigenvalue weighted by molar-refractivity contribution is 6.30. The smallest absolute Gasteiger partial charge is 0.241 e. The molecule has 0 atom stereocenters. The molecule has 6 nitrogen and oxygen atoms in total. The van der Waals surface area contributed by atoms with Crippen LogP contribution >= 0.6 is 11.6 Å². The van der Waals surface area contributed by atoms with Crippen LogP contribution in [-0.4, -0.2) is 40.6 Å². The maximum absolute atomic E-state index is 12.0. The van der Waals surface area contributed by atoms with Crippen LogP contribution in [0, 0.1) is 5.92 Å². The van der Waals surface area contributed by atoms with Crippen LogP contribution in [0.2, 0.25) is 5.02 Å². The van der Waals surface area contributed by atoms with Crippen LogP contribution in [-0.2, 0) is 11.3 Å². The Hall–Kier alpha value is -1.92. The van der Waals surface area contributed by atoms with Crippen LogP contribution in [0.15, 0.2) is 28.8 Å². The van der Waals surface area contributed by atoms with Crippen LogP contribution in [0.4, 0.5) is 0 Å². The molecule has 1 aliphatic rings. The first-order valence-electron chi connectivity index (χ1n) is 8.74. The van der Waals surface area contributed by atoms with Gasteiger partial charge in [0.15, 0.2) is 0 Å². The maximum atomic E-state index is 12.0. The molecule has 1 aromatic carbocycles. The van der Waals surface area contributed by atoms with E-state index in [4.69, 9.17) is 16.1 Å².